The molecule has 84 valence electrons. The molecule has 0 atom stereocenters. The van der Waals surface area contributed by atoms with E-state index < -0.39 is 0 Å². The first kappa shape index (κ1) is 11.1. The van der Waals surface area contributed by atoms with Crippen molar-refractivity contribution in [1.29, 1.82) is 0 Å². The van der Waals surface area contributed by atoms with Crippen LogP contribution in [0.1, 0.15) is 18.1 Å². The van der Waals surface area contributed by atoms with Crippen LogP contribution >= 0.6 is 12.2 Å². The zero-order valence-electron chi connectivity index (χ0n) is 9.74. The van der Waals surface area contributed by atoms with Gasteiger partial charge in [-0.1, -0.05) is 12.1 Å². The number of aryl methyl sites for hydroxylation is 2. The van der Waals surface area contributed by atoms with Gasteiger partial charge in [-0.15, -0.1) is 0 Å². The fourth-order valence-electron chi connectivity index (χ4n) is 1.71. The zero-order chi connectivity index (χ0) is 11.7. The van der Waals surface area contributed by atoms with Crippen molar-refractivity contribution in [2.45, 2.75) is 27.3 Å². The van der Waals surface area contributed by atoms with Crippen LogP contribution in [0.4, 0.5) is 0 Å². The lowest BCUT2D eigenvalue weighted by Crippen LogP contribution is -1.98. The van der Waals surface area contributed by atoms with Crippen LogP contribution in [0, 0.1) is 18.6 Å². The fraction of sp³-hybridized carbons (Fsp3) is 0.333. The Morgan fingerprint density at radius 3 is 2.69 bits per heavy atom. The van der Waals surface area contributed by atoms with Gasteiger partial charge in [-0.25, -0.2) is 0 Å². The summed E-state index contributed by atoms with van der Waals surface area (Å²) < 4.78 is 2.68. The fourth-order valence-corrected chi connectivity index (χ4v) is 1.97. The van der Waals surface area contributed by atoms with Gasteiger partial charge in [0.15, 0.2) is 10.6 Å². The Bertz CT molecular complexity index is 566. The van der Waals surface area contributed by atoms with Crippen molar-refractivity contribution in [2.24, 2.45) is 0 Å². The van der Waals surface area contributed by atoms with E-state index in [1.54, 1.807) is 0 Å². The predicted molar refractivity (Wildman–Crippen MR) is 68.0 cm³/mol. The first-order valence-corrected chi connectivity index (χ1v) is 5.77. The molecule has 1 heterocycles. The Labute approximate surface area is 100 Å². The molecule has 0 amide bonds. The van der Waals surface area contributed by atoms with E-state index in [0.29, 0.717) is 4.77 Å². The van der Waals surface area contributed by atoms with Crippen LogP contribution in [0.3, 0.4) is 0 Å². The largest absolute Gasteiger partial charge is 0.300 e. The minimum atomic E-state index is 0.677. The Morgan fingerprint density at radius 1 is 1.31 bits per heavy atom. The molecular formula is C12H15N3S. The van der Waals surface area contributed by atoms with Crippen molar-refractivity contribution in [3.8, 4) is 11.4 Å². The number of hydrogen-bond acceptors (Lipinski definition) is 2. The smallest absolute Gasteiger partial charge is 0.195 e. The van der Waals surface area contributed by atoms with Gasteiger partial charge < -0.3 is 4.57 Å². The SMILES string of the molecule is CCn1c(-c2ccc(C)c(C)c2)n[nH]c1=S. The number of aromatic amines is 1. The van der Waals surface area contributed by atoms with E-state index in [1.165, 1.54) is 11.1 Å². The molecule has 3 nitrogen and oxygen atoms in total. The second-order valence-corrected chi connectivity index (χ2v) is 4.28. The number of nitrogens with zero attached hydrogens (tertiary/aromatic N) is 2. The monoisotopic (exact) mass is 233 g/mol. The molecule has 2 rings (SSSR count). The standard InChI is InChI=1S/C12H15N3S/c1-4-15-11(13-14-12(15)16)10-6-5-8(2)9(3)7-10/h5-7H,4H2,1-3H3,(H,14,16). The predicted octanol–water partition coefficient (Wildman–Crippen LogP) is 3.24. The molecule has 0 aliphatic rings. The summed E-state index contributed by atoms with van der Waals surface area (Å²) in [5.41, 5.74) is 3.67. The minimum Gasteiger partial charge on any atom is -0.300 e. The first-order chi connectivity index (χ1) is 7.63. The summed E-state index contributed by atoms with van der Waals surface area (Å²) in [6.07, 6.45) is 0. The zero-order valence-corrected chi connectivity index (χ0v) is 10.6. The first-order valence-electron chi connectivity index (χ1n) is 5.36. The summed E-state index contributed by atoms with van der Waals surface area (Å²) >= 11 is 5.18. The second kappa shape index (κ2) is 4.22. The van der Waals surface area contributed by atoms with Gasteiger partial charge in [0.2, 0.25) is 0 Å². The lowest BCUT2D eigenvalue weighted by Gasteiger charge is -2.06. The Balaban J connectivity index is 2.58. The van der Waals surface area contributed by atoms with E-state index in [-0.39, 0.29) is 0 Å². The normalized spacial score (nSPS) is 10.7. The molecule has 0 saturated carbocycles. The third kappa shape index (κ3) is 1.80. The molecule has 0 saturated heterocycles. The number of aromatic nitrogens is 3. The molecule has 0 unspecified atom stereocenters. The minimum absolute atomic E-state index is 0.677. The van der Waals surface area contributed by atoms with E-state index in [9.17, 15) is 0 Å². The van der Waals surface area contributed by atoms with Crippen molar-refractivity contribution in [3.05, 3.63) is 34.1 Å². The molecule has 0 aliphatic heterocycles. The van der Waals surface area contributed by atoms with Gasteiger partial charge in [0.1, 0.15) is 0 Å². The lowest BCUT2D eigenvalue weighted by molar-refractivity contribution is 0.755. The highest BCUT2D eigenvalue weighted by Crippen LogP contribution is 2.20. The van der Waals surface area contributed by atoms with Crippen molar-refractivity contribution in [1.82, 2.24) is 14.8 Å². The van der Waals surface area contributed by atoms with Crippen LogP contribution in [0.15, 0.2) is 18.2 Å². The van der Waals surface area contributed by atoms with Crippen LogP contribution < -0.4 is 0 Å². The molecule has 2 aromatic rings. The van der Waals surface area contributed by atoms with Crippen LogP contribution in [-0.4, -0.2) is 14.8 Å². The van der Waals surface area contributed by atoms with E-state index in [1.807, 2.05) is 4.57 Å². The molecule has 1 N–H and O–H groups in total. The average Bonchev–Trinajstić information content (AvgIpc) is 2.63. The van der Waals surface area contributed by atoms with Crippen molar-refractivity contribution in [3.63, 3.8) is 0 Å². The number of rotatable bonds is 2. The number of H-pyrrole nitrogens is 1. The van der Waals surface area contributed by atoms with E-state index >= 15 is 0 Å². The summed E-state index contributed by atoms with van der Waals surface area (Å²) in [7, 11) is 0. The number of hydrogen-bond donors (Lipinski definition) is 1. The van der Waals surface area contributed by atoms with E-state index in [4.69, 9.17) is 12.2 Å². The Hall–Kier alpha value is -1.42. The van der Waals surface area contributed by atoms with Gasteiger partial charge in [0.05, 0.1) is 0 Å². The summed E-state index contributed by atoms with van der Waals surface area (Å²) in [5.74, 6) is 0.913. The number of benzene rings is 1. The molecule has 0 bridgehead atoms. The molecule has 16 heavy (non-hydrogen) atoms. The summed E-state index contributed by atoms with van der Waals surface area (Å²) in [6, 6.07) is 6.34. The molecule has 1 aromatic carbocycles. The van der Waals surface area contributed by atoms with Crippen LogP contribution in [0.2, 0.25) is 0 Å². The molecule has 0 aliphatic carbocycles. The Kier molecular flexibility index (Phi) is 2.92. The van der Waals surface area contributed by atoms with E-state index in [0.717, 1.165) is 17.9 Å². The summed E-state index contributed by atoms with van der Waals surface area (Å²) in [4.78, 5) is 0. The lowest BCUT2D eigenvalue weighted by atomic mass is 10.1. The third-order valence-corrected chi connectivity index (χ3v) is 3.15. The molecular weight excluding hydrogens is 218 g/mol. The molecule has 4 heteroatoms. The molecule has 0 radical (unpaired) electrons. The van der Waals surface area contributed by atoms with Crippen LogP contribution in [-0.2, 0) is 6.54 Å². The third-order valence-electron chi connectivity index (χ3n) is 2.84. The van der Waals surface area contributed by atoms with Gasteiger partial charge in [-0.3, -0.25) is 5.10 Å². The van der Waals surface area contributed by atoms with Gasteiger partial charge in [0, 0.05) is 12.1 Å². The maximum atomic E-state index is 5.18. The van der Waals surface area contributed by atoms with Crippen molar-refractivity contribution in [2.75, 3.05) is 0 Å². The van der Waals surface area contributed by atoms with Crippen molar-refractivity contribution < 1.29 is 0 Å². The maximum Gasteiger partial charge on any atom is 0.195 e. The summed E-state index contributed by atoms with van der Waals surface area (Å²) in [5, 5.41) is 7.11. The molecule has 1 aromatic heterocycles. The van der Waals surface area contributed by atoms with Crippen LogP contribution in [0.25, 0.3) is 11.4 Å². The molecule has 0 spiro atoms. The van der Waals surface area contributed by atoms with Gasteiger partial charge >= 0.3 is 0 Å². The average molecular weight is 233 g/mol. The quantitative estimate of drug-likeness (QED) is 0.808. The van der Waals surface area contributed by atoms with E-state index in [2.05, 4.69) is 49.2 Å². The topological polar surface area (TPSA) is 33.6 Å². The van der Waals surface area contributed by atoms with Crippen LogP contribution in [0.5, 0.6) is 0 Å². The van der Waals surface area contributed by atoms with Crippen molar-refractivity contribution >= 4 is 12.2 Å². The number of nitrogens with one attached hydrogen (secondary N) is 1. The Morgan fingerprint density at radius 2 is 2.06 bits per heavy atom. The highest BCUT2D eigenvalue weighted by molar-refractivity contribution is 7.71. The highest BCUT2D eigenvalue weighted by Gasteiger charge is 2.07. The second-order valence-electron chi connectivity index (χ2n) is 3.90. The maximum absolute atomic E-state index is 5.18. The van der Waals surface area contributed by atoms with Gasteiger partial charge in [-0.05, 0) is 50.2 Å². The molecule has 0 fully saturated rings. The van der Waals surface area contributed by atoms with Gasteiger partial charge in [-0.2, -0.15) is 5.10 Å². The summed E-state index contributed by atoms with van der Waals surface area (Å²) in [6.45, 7) is 7.11. The highest BCUT2D eigenvalue weighted by atomic mass is 32.1. The van der Waals surface area contributed by atoms with Gasteiger partial charge in [0.25, 0.3) is 0 Å².